The molecule has 1 aliphatic heterocycles. The number of rotatable bonds is 7. The zero-order valence-electron chi connectivity index (χ0n) is 17.4. The third kappa shape index (κ3) is 8.92. The van der Waals surface area contributed by atoms with Gasteiger partial charge in [-0.15, -0.1) is 0 Å². The second-order valence-electron chi connectivity index (χ2n) is 6.75. The fourth-order valence-electron chi connectivity index (χ4n) is 3.00. The minimum absolute atomic E-state index is 0. The van der Waals surface area contributed by atoms with Crippen LogP contribution in [0.1, 0.15) is 33.5 Å². The van der Waals surface area contributed by atoms with Gasteiger partial charge in [0.05, 0.1) is 12.3 Å². The number of hydrogen-bond acceptors (Lipinski definition) is 7. The van der Waals surface area contributed by atoms with Gasteiger partial charge in [0.2, 0.25) is 11.8 Å². The zero-order chi connectivity index (χ0) is 22.4. The molecule has 2 rings (SSSR count). The summed E-state index contributed by atoms with van der Waals surface area (Å²) >= 11 is 0. The van der Waals surface area contributed by atoms with Crippen LogP contribution in [0.2, 0.25) is 0 Å². The molecular formula is C16H24N3NaO9S. The SMILES string of the molecule is NC(=O)CC(C(N)=O)S(=O)(=O)O.O=C(O)C1CCC(CN2C(=O)C=CC2=O)CC1.[H-].[Na+]. The van der Waals surface area contributed by atoms with Gasteiger partial charge in [-0.2, -0.15) is 8.42 Å². The molecule has 1 heterocycles. The fourth-order valence-corrected chi connectivity index (χ4v) is 3.67. The molecule has 14 heteroatoms. The smallest absolute Gasteiger partial charge is 1.00 e. The standard InChI is InChI=1S/C12H15NO4.C4H8N2O5S.Na.H/c14-10-5-6-11(15)13(10)7-8-1-3-9(4-2-8)12(16)17;5-3(7)1-2(4(6)8)12(9,10)11;;/h5-6,8-9H,1-4,7H2,(H,16,17);2H,1H2,(H2,5,7)(H2,6,8)(H,9,10,11);;/q;;+1;-1. The summed E-state index contributed by atoms with van der Waals surface area (Å²) in [5.74, 6) is -3.59. The maximum atomic E-state index is 11.4. The van der Waals surface area contributed by atoms with E-state index in [1.807, 2.05) is 0 Å². The zero-order valence-corrected chi connectivity index (χ0v) is 19.2. The van der Waals surface area contributed by atoms with Crippen LogP contribution in [0.5, 0.6) is 0 Å². The Labute approximate surface area is 196 Å². The molecule has 0 aromatic rings. The number of carbonyl (C=O) groups is 5. The Kier molecular flexibility index (Phi) is 11.4. The minimum atomic E-state index is -4.63. The summed E-state index contributed by atoms with van der Waals surface area (Å²) in [7, 11) is -4.63. The Hall–Kier alpha value is -1.80. The molecule has 12 nitrogen and oxygen atoms in total. The van der Waals surface area contributed by atoms with Crippen LogP contribution < -0.4 is 41.0 Å². The van der Waals surface area contributed by atoms with E-state index < -0.39 is 39.6 Å². The third-order valence-corrected chi connectivity index (χ3v) is 5.72. The third-order valence-electron chi connectivity index (χ3n) is 4.60. The van der Waals surface area contributed by atoms with Gasteiger partial charge in [0.1, 0.15) is 0 Å². The van der Waals surface area contributed by atoms with Crippen molar-refractivity contribution < 1.29 is 73.0 Å². The number of nitrogens with zero attached hydrogens (tertiary/aromatic N) is 1. The van der Waals surface area contributed by atoms with Crippen LogP contribution in [-0.2, 0) is 34.1 Å². The van der Waals surface area contributed by atoms with Crippen molar-refractivity contribution >= 4 is 39.7 Å². The maximum absolute atomic E-state index is 11.4. The average Bonchev–Trinajstić information content (AvgIpc) is 2.91. The molecule has 6 N–H and O–H groups in total. The molecule has 0 aromatic carbocycles. The van der Waals surface area contributed by atoms with Gasteiger partial charge in [-0.05, 0) is 31.6 Å². The number of nitrogens with two attached hydrogens (primary N) is 2. The molecule has 1 unspecified atom stereocenters. The van der Waals surface area contributed by atoms with Gasteiger partial charge in [0.15, 0.2) is 5.25 Å². The number of carboxylic acid groups (broad SMARTS) is 1. The Balaban J connectivity index is 0. The van der Waals surface area contributed by atoms with Crippen LogP contribution in [0.3, 0.4) is 0 Å². The number of carbonyl (C=O) groups excluding carboxylic acids is 4. The van der Waals surface area contributed by atoms with Crippen LogP contribution in [0.4, 0.5) is 0 Å². The van der Waals surface area contributed by atoms with Crippen molar-refractivity contribution in [1.29, 1.82) is 0 Å². The van der Waals surface area contributed by atoms with Crippen LogP contribution in [0, 0.1) is 11.8 Å². The van der Waals surface area contributed by atoms with E-state index in [0.29, 0.717) is 19.4 Å². The van der Waals surface area contributed by atoms with E-state index in [0.717, 1.165) is 12.8 Å². The quantitative estimate of drug-likeness (QED) is 0.164. The topological polar surface area (TPSA) is 215 Å². The van der Waals surface area contributed by atoms with Crippen LogP contribution >= 0.6 is 0 Å². The first-order valence-electron chi connectivity index (χ1n) is 8.63. The molecular weight excluding hydrogens is 433 g/mol. The van der Waals surface area contributed by atoms with E-state index in [4.69, 9.17) is 9.66 Å². The number of imide groups is 1. The molecule has 2 aliphatic rings. The van der Waals surface area contributed by atoms with E-state index in [-0.39, 0.29) is 54.6 Å². The molecule has 0 radical (unpaired) electrons. The first-order chi connectivity index (χ1) is 13.3. The maximum Gasteiger partial charge on any atom is 1.00 e. The van der Waals surface area contributed by atoms with Crippen molar-refractivity contribution in [3.8, 4) is 0 Å². The van der Waals surface area contributed by atoms with Crippen molar-refractivity contribution in [3.63, 3.8) is 0 Å². The fraction of sp³-hybridized carbons (Fsp3) is 0.562. The van der Waals surface area contributed by atoms with Gasteiger partial charge < -0.3 is 18.0 Å². The Bertz CT molecular complexity index is 808. The van der Waals surface area contributed by atoms with Crippen molar-refractivity contribution in [2.75, 3.05) is 6.54 Å². The summed E-state index contributed by atoms with van der Waals surface area (Å²) in [6, 6.07) is 0. The summed E-state index contributed by atoms with van der Waals surface area (Å²) in [5, 5.41) is 6.92. The normalized spacial score (nSPS) is 21.8. The van der Waals surface area contributed by atoms with E-state index in [2.05, 4.69) is 11.5 Å². The van der Waals surface area contributed by atoms with E-state index in [1.54, 1.807) is 0 Å². The number of amides is 4. The van der Waals surface area contributed by atoms with Gasteiger partial charge in [0.25, 0.3) is 21.9 Å². The molecule has 0 aromatic heterocycles. The van der Waals surface area contributed by atoms with Crippen LogP contribution in [0.15, 0.2) is 12.2 Å². The molecule has 1 atom stereocenters. The van der Waals surface area contributed by atoms with E-state index in [1.165, 1.54) is 17.1 Å². The molecule has 1 aliphatic carbocycles. The Morgan fingerprint density at radius 2 is 1.57 bits per heavy atom. The van der Waals surface area contributed by atoms with E-state index >= 15 is 0 Å². The van der Waals surface area contributed by atoms with Gasteiger partial charge >= 0.3 is 35.5 Å². The number of carboxylic acids is 1. The van der Waals surface area contributed by atoms with Crippen molar-refractivity contribution in [3.05, 3.63) is 12.2 Å². The van der Waals surface area contributed by atoms with Gasteiger partial charge in [-0.1, -0.05) is 0 Å². The average molecular weight is 457 g/mol. The molecule has 0 saturated heterocycles. The number of aliphatic carboxylic acids is 1. The molecule has 4 amide bonds. The van der Waals surface area contributed by atoms with Gasteiger partial charge in [-0.25, -0.2) is 0 Å². The van der Waals surface area contributed by atoms with Gasteiger partial charge in [0, 0.05) is 18.7 Å². The second-order valence-corrected chi connectivity index (χ2v) is 8.35. The monoisotopic (exact) mass is 457 g/mol. The predicted molar refractivity (Wildman–Crippen MR) is 98.4 cm³/mol. The summed E-state index contributed by atoms with van der Waals surface area (Å²) in [6.45, 7) is 0.428. The second kappa shape index (κ2) is 12.2. The van der Waals surface area contributed by atoms with Crippen molar-refractivity contribution in [2.24, 2.45) is 23.3 Å². The van der Waals surface area contributed by atoms with Crippen LogP contribution in [0.25, 0.3) is 0 Å². The molecule has 164 valence electrons. The molecule has 1 fully saturated rings. The Morgan fingerprint density at radius 3 is 1.87 bits per heavy atom. The summed E-state index contributed by atoms with van der Waals surface area (Å²) in [6.07, 6.45) is 4.58. The van der Waals surface area contributed by atoms with E-state index in [9.17, 15) is 32.4 Å². The van der Waals surface area contributed by atoms with Crippen molar-refractivity contribution in [1.82, 2.24) is 4.90 Å². The summed E-state index contributed by atoms with van der Waals surface area (Å²) in [5.41, 5.74) is 9.19. The molecule has 1 saturated carbocycles. The summed E-state index contributed by atoms with van der Waals surface area (Å²) in [4.78, 5) is 55.3. The predicted octanol–water partition coefficient (Wildman–Crippen LogP) is -4.48. The number of hydrogen-bond donors (Lipinski definition) is 4. The van der Waals surface area contributed by atoms with Gasteiger partial charge in [-0.3, -0.25) is 33.4 Å². The largest absolute Gasteiger partial charge is 1.00 e. The summed E-state index contributed by atoms with van der Waals surface area (Å²) < 4.78 is 29.1. The first-order valence-corrected chi connectivity index (χ1v) is 10.1. The molecule has 0 bridgehead atoms. The molecule has 30 heavy (non-hydrogen) atoms. The number of primary amides is 2. The van der Waals surface area contributed by atoms with Crippen molar-refractivity contribution in [2.45, 2.75) is 37.4 Å². The minimum Gasteiger partial charge on any atom is -1.00 e. The Morgan fingerprint density at radius 1 is 1.10 bits per heavy atom. The molecule has 0 spiro atoms. The van der Waals surface area contributed by atoms with Crippen LogP contribution in [-0.4, -0.2) is 64.4 Å². The first kappa shape index (κ1) is 28.2.